The second-order valence-corrected chi connectivity index (χ2v) is 5.50. The zero-order chi connectivity index (χ0) is 16.4. The summed E-state index contributed by atoms with van der Waals surface area (Å²) in [5, 5.41) is 0.363. The standard InChI is InChI=1S/C15H12ClF3N2O2/c16-10-6-20-14(21-7-10)23-12-3-1-2-9-8-22-11(13(9)12)4-5-15(17,18)19/h1-3,6-7,11H,4-5,8H2/t11-/m1/s1. The highest BCUT2D eigenvalue weighted by atomic mass is 35.5. The molecule has 0 spiro atoms. The molecule has 1 aromatic heterocycles. The molecule has 8 heteroatoms. The van der Waals surface area contributed by atoms with E-state index in [4.69, 9.17) is 21.1 Å². The van der Waals surface area contributed by atoms with Gasteiger partial charge < -0.3 is 9.47 Å². The van der Waals surface area contributed by atoms with Crippen molar-refractivity contribution in [3.05, 3.63) is 46.7 Å². The number of rotatable bonds is 4. The zero-order valence-corrected chi connectivity index (χ0v) is 12.6. The normalized spacial score (nSPS) is 17.1. The summed E-state index contributed by atoms with van der Waals surface area (Å²) >= 11 is 5.71. The topological polar surface area (TPSA) is 44.2 Å². The van der Waals surface area contributed by atoms with Gasteiger partial charge >= 0.3 is 12.2 Å². The van der Waals surface area contributed by atoms with Crippen molar-refractivity contribution in [3.63, 3.8) is 0 Å². The van der Waals surface area contributed by atoms with E-state index in [0.29, 0.717) is 16.3 Å². The molecule has 0 fully saturated rings. The van der Waals surface area contributed by atoms with Gasteiger partial charge in [-0.05, 0) is 18.1 Å². The molecular formula is C15H12ClF3N2O2. The molecule has 4 nitrogen and oxygen atoms in total. The van der Waals surface area contributed by atoms with Crippen molar-refractivity contribution in [2.24, 2.45) is 0 Å². The van der Waals surface area contributed by atoms with Gasteiger partial charge in [0.1, 0.15) is 5.75 Å². The zero-order valence-electron chi connectivity index (χ0n) is 11.8. The van der Waals surface area contributed by atoms with E-state index in [1.165, 1.54) is 12.4 Å². The van der Waals surface area contributed by atoms with Crippen LogP contribution in [0.3, 0.4) is 0 Å². The first-order valence-corrected chi connectivity index (χ1v) is 7.26. The lowest BCUT2D eigenvalue weighted by Gasteiger charge is -2.15. The van der Waals surface area contributed by atoms with Crippen LogP contribution >= 0.6 is 11.6 Å². The first kappa shape index (κ1) is 16.0. The van der Waals surface area contributed by atoms with Crippen molar-refractivity contribution in [3.8, 4) is 11.8 Å². The summed E-state index contributed by atoms with van der Waals surface area (Å²) in [5.41, 5.74) is 1.43. The minimum Gasteiger partial charge on any atom is -0.424 e. The highest BCUT2D eigenvalue weighted by Crippen LogP contribution is 2.42. The molecule has 0 saturated carbocycles. The molecule has 2 aromatic rings. The van der Waals surface area contributed by atoms with E-state index in [2.05, 4.69) is 9.97 Å². The van der Waals surface area contributed by atoms with Gasteiger partial charge in [0, 0.05) is 12.0 Å². The summed E-state index contributed by atoms with van der Waals surface area (Å²) in [5.74, 6) is 0.398. The molecule has 122 valence electrons. The van der Waals surface area contributed by atoms with Crippen molar-refractivity contribution in [1.29, 1.82) is 0 Å². The van der Waals surface area contributed by atoms with Crippen LogP contribution in [-0.4, -0.2) is 16.1 Å². The van der Waals surface area contributed by atoms with Crippen molar-refractivity contribution in [2.75, 3.05) is 0 Å². The third kappa shape index (κ3) is 3.92. The van der Waals surface area contributed by atoms with Gasteiger partial charge in [-0.2, -0.15) is 13.2 Å². The van der Waals surface area contributed by atoms with Crippen molar-refractivity contribution >= 4 is 11.6 Å². The molecule has 1 aliphatic rings. The minimum atomic E-state index is -4.22. The number of hydrogen-bond donors (Lipinski definition) is 0. The van der Waals surface area contributed by atoms with Crippen LogP contribution < -0.4 is 4.74 Å². The maximum atomic E-state index is 12.5. The van der Waals surface area contributed by atoms with E-state index in [0.717, 1.165) is 5.56 Å². The first-order valence-electron chi connectivity index (χ1n) is 6.88. The third-order valence-corrected chi connectivity index (χ3v) is 3.60. The Balaban J connectivity index is 1.82. The van der Waals surface area contributed by atoms with Gasteiger partial charge in [-0.3, -0.25) is 0 Å². The largest absolute Gasteiger partial charge is 0.424 e. The number of ether oxygens (including phenoxy) is 2. The molecule has 0 saturated heterocycles. The van der Waals surface area contributed by atoms with Crippen LogP contribution in [0.2, 0.25) is 5.02 Å². The average molecular weight is 345 g/mol. The lowest BCUT2D eigenvalue weighted by molar-refractivity contribution is -0.141. The summed E-state index contributed by atoms with van der Waals surface area (Å²) in [6.45, 7) is 0.260. The first-order chi connectivity index (χ1) is 10.9. The quantitative estimate of drug-likeness (QED) is 0.796. The maximum Gasteiger partial charge on any atom is 0.389 e. The third-order valence-electron chi connectivity index (χ3n) is 3.41. The van der Waals surface area contributed by atoms with Crippen LogP contribution in [0.25, 0.3) is 0 Å². The second-order valence-electron chi connectivity index (χ2n) is 5.07. The van der Waals surface area contributed by atoms with E-state index in [-0.39, 0.29) is 19.0 Å². The molecule has 23 heavy (non-hydrogen) atoms. The lowest BCUT2D eigenvalue weighted by Crippen LogP contribution is -2.10. The average Bonchev–Trinajstić information content (AvgIpc) is 2.91. The predicted molar refractivity (Wildman–Crippen MR) is 76.4 cm³/mol. The number of benzene rings is 1. The molecule has 1 aromatic carbocycles. The number of hydrogen-bond acceptors (Lipinski definition) is 4. The summed E-state index contributed by atoms with van der Waals surface area (Å²) < 4.78 is 48.4. The Morgan fingerprint density at radius 3 is 2.70 bits per heavy atom. The smallest absolute Gasteiger partial charge is 0.389 e. The Morgan fingerprint density at radius 2 is 2.00 bits per heavy atom. The Morgan fingerprint density at radius 1 is 1.26 bits per heavy atom. The van der Waals surface area contributed by atoms with E-state index < -0.39 is 18.7 Å². The van der Waals surface area contributed by atoms with Gasteiger partial charge in [0.05, 0.1) is 30.1 Å². The van der Waals surface area contributed by atoms with Crippen LogP contribution in [0.1, 0.15) is 30.1 Å². The van der Waals surface area contributed by atoms with Crippen molar-refractivity contribution < 1.29 is 22.6 Å². The number of aromatic nitrogens is 2. The number of fused-ring (bicyclic) bond motifs is 1. The maximum absolute atomic E-state index is 12.5. The molecule has 0 radical (unpaired) electrons. The molecule has 3 rings (SSSR count). The Kier molecular flexibility index (Phi) is 4.41. The molecule has 0 N–H and O–H groups in total. The number of halogens is 4. The second kappa shape index (κ2) is 6.33. The summed E-state index contributed by atoms with van der Waals surface area (Å²) in [6.07, 6.45) is -3.19. The monoisotopic (exact) mass is 344 g/mol. The highest BCUT2D eigenvalue weighted by Gasteiger charge is 2.33. The number of nitrogens with zero attached hydrogens (tertiary/aromatic N) is 2. The van der Waals surface area contributed by atoms with Crippen LogP contribution in [0, 0.1) is 0 Å². The van der Waals surface area contributed by atoms with Gasteiger partial charge in [-0.15, -0.1) is 0 Å². The van der Waals surface area contributed by atoms with Crippen LogP contribution in [0.4, 0.5) is 13.2 Å². The van der Waals surface area contributed by atoms with E-state index in [1.807, 2.05) is 0 Å². The lowest BCUT2D eigenvalue weighted by atomic mass is 10.0. The SMILES string of the molecule is FC(F)(F)CC[C@H]1OCc2cccc(Oc3ncc(Cl)cn3)c21. The van der Waals surface area contributed by atoms with Crippen LogP contribution in [-0.2, 0) is 11.3 Å². The molecule has 0 aliphatic carbocycles. The highest BCUT2D eigenvalue weighted by molar-refractivity contribution is 6.30. The summed E-state index contributed by atoms with van der Waals surface area (Å²) in [6, 6.07) is 5.29. The Hall–Kier alpha value is -1.86. The molecule has 1 atom stereocenters. The van der Waals surface area contributed by atoms with Crippen molar-refractivity contribution in [2.45, 2.75) is 31.7 Å². The van der Waals surface area contributed by atoms with Gasteiger partial charge in [-0.25, -0.2) is 9.97 Å². The van der Waals surface area contributed by atoms with E-state index >= 15 is 0 Å². The molecule has 0 amide bonds. The molecular weight excluding hydrogens is 333 g/mol. The van der Waals surface area contributed by atoms with Gasteiger partial charge in [0.15, 0.2) is 0 Å². The minimum absolute atomic E-state index is 0.0734. The molecule has 2 heterocycles. The van der Waals surface area contributed by atoms with Gasteiger partial charge in [0.2, 0.25) is 0 Å². The van der Waals surface area contributed by atoms with Gasteiger partial charge in [0.25, 0.3) is 0 Å². The fraction of sp³-hybridized carbons (Fsp3) is 0.333. The van der Waals surface area contributed by atoms with E-state index in [9.17, 15) is 13.2 Å². The van der Waals surface area contributed by atoms with Crippen LogP contribution in [0.15, 0.2) is 30.6 Å². The predicted octanol–water partition coefficient (Wildman–Crippen LogP) is 4.84. The summed E-state index contributed by atoms with van der Waals surface area (Å²) in [7, 11) is 0. The fourth-order valence-corrected chi connectivity index (χ4v) is 2.51. The van der Waals surface area contributed by atoms with Crippen LogP contribution in [0.5, 0.6) is 11.8 Å². The summed E-state index contributed by atoms with van der Waals surface area (Å²) in [4.78, 5) is 7.85. The van der Waals surface area contributed by atoms with Gasteiger partial charge in [-0.1, -0.05) is 23.7 Å². The number of alkyl halides is 3. The molecule has 0 bridgehead atoms. The van der Waals surface area contributed by atoms with E-state index in [1.54, 1.807) is 18.2 Å². The molecule has 0 unspecified atom stereocenters. The molecule has 1 aliphatic heterocycles. The van der Waals surface area contributed by atoms with Crippen molar-refractivity contribution in [1.82, 2.24) is 9.97 Å². The Labute approximate surface area is 135 Å². The fourth-order valence-electron chi connectivity index (χ4n) is 2.42. The Bertz CT molecular complexity index is 692.